The van der Waals surface area contributed by atoms with Crippen LogP contribution in [0, 0.1) is 0 Å². The van der Waals surface area contributed by atoms with Gasteiger partial charge in [0, 0.05) is 20.2 Å². The minimum absolute atomic E-state index is 0.0653. The van der Waals surface area contributed by atoms with Crippen LogP contribution in [0.15, 0.2) is 30.4 Å². The highest BCUT2D eigenvalue weighted by Crippen LogP contribution is 2.30. The number of nitrogens with zero attached hydrogens (tertiary/aromatic N) is 1. The summed E-state index contributed by atoms with van der Waals surface area (Å²) in [6.07, 6.45) is 5.33. The van der Waals surface area contributed by atoms with E-state index in [0.717, 1.165) is 18.5 Å². The molecular formula is C16H22Cl2N2O2. The van der Waals surface area contributed by atoms with Crippen molar-refractivity contribution in [2.45, 2.75) is 18.6 Å². The first-order valence-corrected chi connectivity index (χ1v) is 8.13. The molecule has 0 saturated carbocycles. The summed E-state index contributed by atoms with van der Waals surface area (Å²) in [5.41, 5.74) is 1.07. The van der Waals surface area contributed by atoms with E-state index in [9.17, 15) is 0 Å². The summed E-state index contributed by atoms with van der Waals surface area (Å²) < 4.78 is 5.42. The lowest BCUT2D eigenvalue weighted by Crippen LogP contribution is -2.49. The second-order valence-electron chi connectivity index (χ2n) is 5.22. The summed E-state index contributed by atoms with van der Waals surface area (Å²) in [5.74, 6) is 0. The van der Waals surface area contributed by atoms with Crippen molar-refractivity contribution < 1.29 is 9.84 Å². The largest absolute Gasteiger partial charge is 0.395 e. The van der Waals surface area contributed by atoms with Crippen molar-refractivity contribution in [2.75, 3.05) is 33.4 Å². The van der Waals surface area contributed by atoms with Gasteiger partial charge in [0.2, 0.25) is 0 Å². The predicted octanol–water partition coefficient (Wildman–Crippen LogP) is 2.85. The zero-order valence-electron chi connectivity index (χ0n) is 12.6. The summed E-state index contributed by atoms with van der Waals surface area (Å²) >= 11 is 12.2. The Bertz CT molecular complexity index is 511. The van der Waals surface area contributed by atoms with Gasteiger partial charge in [-0.1, -0.05) is 41.4 Å². The Morgan fingerprint density at radius 3 is 2.91 bits per heavy atom. The van der Waals surface area contributed by atoms with E-state index in [1.54, 1.807) is 7.11 Å². The van der Waals surface area contributed by atoms with E-state index in [1.807, 2.05) is 18.2 Å². The second kappa shape index (κ2) is 8.87. The molecule has 0 bridgehead atoms. The molecule has 1 unspecified atom stereocenters. The van der Waals surface area contributed by atoms with E-state index in [2.05, 4.69) is 22.4 Å². The summed E-state index contributed by atoms with van der Waals surface area (Å²) in [5, 5.41) is 13.5. The topological polar surface area (TPSA) is 44.7 Å². The van der Waals surface area contributed by atoms with Gasteiger partial charge < -0.3 is 9.84 Å². The van der Waals surface area contributed by atoms with Gasteiger partial charge in [-0.05, 0) is 24.1 Å². The van der Waals surface area contributed by atoms with E-state index in [4.69, 9.17) is 33.0 Å². The fourth-order valence-corrected chi connectivity index (χ4v) is 3.01. The lowest BCUT2D eigenvalue weighted by atomic mass is 10.0. The number of aliphatic hydroxyl groups is 1. The van der Waals surface area contributed by atoms with Gasteiger partial charge >= 0.3 is 0 Å². The summed E-state index contributed by atoms with van der Waals surface area (Å²) in [7, 11) is 1.69. The van der Waals surface area contributed by atoms with Gasteiger partial charge in [0.25, 0.3) is 0 Å². The van der Waals surface area contributed by atoms with Crippen molar-refractivity contribution in [1.29, 1.82) is 0 Å². The van der Waals surface area contributed by atoms with Crippen LogP contribution >= 0.6 is 23.2 Å². The van der Waals surface area contributed by atoms with Crippen molar-refractivity contribution >= 4 is 23.2 Å². The van der Waals surface area contributed by atoms with Gasteiger partial charge in [-0.25, -0.2) is 0 Å². The molecule has 1 heterocycles. The third-order valence-electron chi connectivity index (χ3n) is 3.75. The Balaban J connectivity index is 2.24. The molecule has 1 aliphatic rings. The first-order chi connectivity index (χ1) is 10.7. The molecule has 122 valence electrons. The van der Waals surface area contributed by atoms with Crippen molar-refractivity contribution in [3.05, 3.63) is 46.0 Å². The van der Waals surface area contributed by atoms with E-state index in [-0.39, 0.29) is 18.8 Å². The highest BCUT2D eigenvalue weighted by atomic mass is 35.5. The lowest BCUT2D eigenvalue weighted by molar-refractivity contribution is 0.0584. The Morgan fingerprint density at radius 2 is 2.23 bits per heavy atom. The lowest BCUT2D eigenvalue weighted by Gasteiger charge is -2.39. The Kier molecular flexibility index (Phi) is 7.15. The number of rotatable bonds is 7. The number of methoxy groups -OCH3 is 1. The zero-order chi connectivity index (χ0) is 15.9. The molecule has 6 heteroatoms. The number of nitrogens with one attached hydrogen (secondary N) is 1. The van der Waals surface area contributed by atoms with Crippen LogP contribution in [-0.2, 0) is 4.74 Å². The van der Waals surface area contributed by atoms with E-state index < -0.39 is 0 Å². The van der Waals surface area contributed by atoms with Crippen LogP contribution in [0.3, 0.4) is 0 Å². The molecule has 0 aromatic heterocycles. The maximum absolute atomic E-state index is 9.05. The molecule has 0 radical (unpaired) electrons. The van der Waals surface area contributed by atoms with Crippen LogP contribution in [0.25, 0.3) is 0 Å². The first-order valence-electron chi connectivity index (χ1n) is 7.38. The third-order valence-corrected chi connectivity index (χ3v) is 4.49. The molecule has 0 aliphatic carbocycles. The van der Waals surface area contributed by atoms with Crippen molar-refractivity contribution in [1.82, 2.24) is 10.2 Å². The van der Waals surface area contributed by atoms with Gasteiger partial charge in [-0.15, -0.1) is 0 Å². The fraction of sp³-hybridized carbons (Fsp3) is 0.500. The molecule has 0 saturated heterocycles. The fourth-order valence-electron chi connectivity index (χ4n) is 2.71. The Morgan fingerprint density at radius 1 is 1.41 bits per heavy atom. The number of benzene rings is 1. The van der Waals surface area contributed by atoms with Gasteiger partial charge in [0.15, 0.2) is 0 Å². The van der Waals surface area contributed by atoms with Crippen LogP contribution in [0.4, 0.5) is 0 Å². The van der Waals surface area contributed by atoms with Crippen LogP contribution < -0.4 is 5.32 Å². The first kappa shape index (κ1) is 17.7. The maximum Gasteiger partial charge on any atom is 0.0796 e. The van der Waals surface area contributed by atoms with Crippen LogP contribution in [0.5, 0.6) is 0 Å². The number of ether oxygens (including phenoxy) is 1. The van der Waals surface area contributed by atoms with Gasteiger partial charge in [-0.3, -0.25) is 10.2 Å². The summed E-state index contributed by atoms with van der Waals surface area (Å²) in [4.78, 5) is 2.32. The molecule has 2 N–H and O–H groups in total. The van der Waals surface area contributed by atoms with Crippen molar-refractivity contribution in [3.63, 3.8) is 0 Å². The van der Waals surface area contributed by atoms with E-state index in [1.165, 1.54) is 0 Å². The molecule has 1 aliphatic heterocycles. The van der Waals surface area contributed by atoms with Gasteiger partial charge in [0.05, 0.1) is 35.5 Å². The molecule has 2 rings (SSSR count). The second-order valence-corrected chi connectivity index (χ2v) is 6.04. The number of halogens is 2. The third kappa shape index (κ3) is 4.44. The normalized spacial score (nSPS) is 20.3. The van der Waals surface area contributed by atoms with Gasteiger partial charge in [0.1, 0.15) is 0 Å². The van der Waals surface area contributed by atoms with Crippen LogP contribution in [0.1, 0.15) is 18.0 Å². The van der Waals surface area contributed by atoms with E-state index in [0.29, 0.717) is 23.2 Å². The minimum Gasteiger partial charge on any atom is -0.395 e. The van der Waals surface area contributed by atoms with Crippen molar-refractivity contribution in [3.8, 4) is 0 Å². The molecule has 0 fully saturated rings. The van der Waals surface area contributed by atoms with Crippen molar-refractivity contribution in [2.24, 2.45) is 0 Å². The number of hydrogen-bond donors (Lipinski definition) is 2. The van der Waals surface area contributed by atoms with Gasteiger partial charge in [-0.2, -0.15) is 0 Å². The molecule has 1 aromatic carbocycles. The molecule has 0 amide bonds. The average molecular weight is 345 g/mol. The highest BCUT2D eigenvalue weighted by molar-refractivity contribution is 6.42. The standard InChI is InChI=1S/C16H22Cl2N2O2/c1-22-11-15(12-5-6-13(17)14(18)10-12)20-8-3-2-4-16(20)19-7-9-21/h2,4-6,10,15-16,19,21H,3,7-9,11H2,1H3/t15?,16-/m0/s1. The quantitative estimate of drug-likeness (QED) is 0.746. The molecular weight excluding hydrogens is 323 g/mol. The molecule has 2 atom stereocenters. The molecule has 0 spiro atoms. The monoisotopic (exact) mass is 344 g/mol. The molecule has 22 heavy (non-hydrogen) atoms. The van der Waals surface area contributed by atoms with Crippen LogP contribution in [-0.4, -0.2) is 49.6 Å². The number of hydrogen-bond acceptors (Lipinski definition) is 4. The Labute approximate surface area is 141 Å². The SMILES string of the molecule is COCC(c1ccc(Cl)c(Cl)c1)N1CCC=C[C@H]1NCCO. The highest BCUT2D eigenvalue weighted by Gasteiger charge is 2.27. The Hall–Kier alpha value is -0.620. The average Bonchev–Trinajstić information content (AvgIpc) is 2.54. The predicted molar refractivity (Wildman–Crippen MR) is 90.4 cm³/mol. The number of aliphatic hydroxyl groups excluding tert-OH is 1. The molecule has 1 aromatic rings. The summed E-state index contributed by atoms with van der Waals surface area (Å²) in [6, 6.07) is 5.77. The van der Waals surface area contributed by atoms with E-state index >= 15 is 0 Å². The molecule has 4 nitrogen and oxygen atoms in total. The minimum atomic E-state index is 0.0653. The smallest absolute Gasteiger partial charge is 0.0796 e. The summed E-state index contributed by atoms with van der Waals surface area (Å²) in [6.45, 7) is 2.13. The zero-order valence-corrected chi connectivity index (χ0v) is 14.1. The van der Waals surface area contributed by atoms with Crippen LogP contribution in [0.2, 0.25) is 10.0 Å². The maximum atomic E-state index is 9.05.